The Morgan fingerprint density at radius 3 is 2.71 bits per heavy atom. The van der Waals surface area contributed by atoms with Crippen LogP contribution >= 0.6 is 23.1 Å². The second-order valence-electron chi connectivity index (χ2n) is 4.96. The number of nitrogens with one attached hydrogen (secondary N) is 1. The van der Waals surface area contributed by atoms with Crippen LogP contribution in [0.25, 0.3) is 10.6 Å². The van der Waals surface area contributed by atoms with Gasteiger partial charge in [-0.05, 0) is 0 Å². The summed E-state index contributed by atoms with van der Waals surface area (Å²) in [7, 11) is 0. The van der Waals surface area contributed by atoms with Gasteiger partial charge in [0, 0.05) is 22.6 Å². The molecule has 3 rings (SSSR count). The van der Waals surface area contributed by atoms with Crippen molar-refractivity contribution in [1.29, 1.82) is 0 Å². The Hall–Kier alpha value is -1.66. The third-order valence-corrected chi connectivity index (χ3v) is 4.77. The minimum atomic E-state index is 0.371. The molecule has 0 aliphatic heterocycles. The van der Waals surface area contributed by atoms with Gasteiger partial charge in [0.2, 0.25) is 5.16 Å². The molecule has 21 heavy (non-hydrogen) atoms. The van der Waals surface area contributed by atoms with E-state index in [4.69, 9.17) is 0 Å². The molecule has 2 heterocycles. The average molecular weight is 316 g/mol. The van der Waals surface area contributed by atoms with E-state index >= 15 is 0 Å². The highest BCUT2D eigenvalue weighted by Gasteiger charge is 2.09. The summed E-state index contributed by atoms with van der Waals surface area (Å²) in [5.41, 5.74) is 2.23. The molecule has 0 radical (unpaired) electrons. The first kappa shape index (κ1) is 14.3. The van der Waals surface area contributed by atoms with Crippen molar-refractivity contribution in [3.8, 4) is 10.6 Å². The van der Waals surface area contributed by atoms with Crippen molar-refractivity contribution in [2.75, 3.05) is 0 Å². The molecule has 4 nitrogen and oxygen atoms in total. The van der Waals surface area contributed by atoms with Gasteiger partial charge in [-0.2, -0.15) is 0 Å². The fourth-order valence-corrected chi connectivity index (χ4v) is 3.44. The third kappa shape index (κ3) is 3.51. The molecule has 0 atom stereocenters. The maximum atomic E-state index is 4.67. The van der Waals surface area contributed by atoms with E-state index in [0.717, 1.165) is 27.4 Å². The molecule has 108 valence electrons. The lowest BCUT2D eigenvalue weighted by Crippen LogP contribution is -1.89. The monoisotopic (exact) mass is 316 g/mol. The highest BCUT2D eigenvalue weighted by Crippen LogP contribution is 2.26. The molecule has 0 spiro atoms. The molecule has 1 aromatic carbocycles. The lowest BCUT2D eigenvalue weighted by molar-refractivity contribution is 0.780. The number of hydrogen-bond donors (Lipinski definition) is 1. The average Bonchev–Trinajstić information content (AvgIpc) is 3.15. The first-order valence-electron chi connectivity index (χ1n) is 6.77. The molecule has 0 aliphatic carbocycles. The van der Waals surface area contributed by atoms with E-state index in [2.05, 4.69) is 51.5 Å². The first-order valence-corrected chi connectivity index (χ1v) is 8.64. The van der Waals surface area contributed by atoms with Gasteiger partial charge in [0.25, 0.3) is 0 Å². The predicted molar refractivity (Wildman–Crippen MR) is 87.6 cm³/mol. The minimum absolute atomic E-state index is 0.371. The second-order valence-corrected chi connectivity index (χ2v) is 6.76. The number of thioether (sulfide) groups is 1. The number of thiazole rings is 1. The standard InChI is InChI=1S/C15H16N4S2/c1-10(2)13-17-15(19-18-13)21-9-12-8-20-14(16-12)11-6-4-3-5-7-11/h3-8,10H,9H2,1-2H3,(H,17,18,19). The Morgan fingerprint density at radius 1 is 1.19 bits per heavy atom. The van der Waals surface area contributed by atoms with Crippen LogP contribution in [0, 0.1) is 0 Å². The number of aromatic nitrogens is 4. The highest BCUT2D eigenvalue weighted by atomic mass is 32.2. The van der Waals surface area contributed by atoms with Crippen LogP contribution in [0.3, 0.4) is 0 Å². The Labute approximate surface area is 132 Å². The van der Waals surface area contributed by atoms with Gasteiger partial charge in [-0.15, -0.1) is 16.4 Å². The lowest BCUT2D eigenvalue weighted by atomic mass is 10.2. The van der Waals surface area contributed by atoms with Crippen LogP contribution in [0.15, 0.2) is 40.9 Å². The topological polar surface area (TPSA) is 54.5 Å². The Bertz CT molecular complexity index is 703. The van der Waals surface area contributed by atoms with Gasteiger partial charge in [0.15, 0.2) is 0 Å². The molecule has 0 saturated heterocycles. The van der Waals surface area contributed by atoms with Gasteiger partial charge in [-0.3, -0.25) is 5.10 Å². The molecule has 2 aromatic heterocycles. The maximum absolute atomic E-state index is 4.67. The van der Waals surface area contributed by atoms with Crippen molar-refractivity contribution in [3.63, 3.8) is 0 Å². The van der Waals surface area contributed by atoms with E-state index in [1.165, 1.54) is 5.56 Å². The molecule has 0 aliphatic rings. The van der Waals surface area contributed by atoms with Crippen molar-refractivity contribution in [3.05, 3.63) is 47.2 Å². The summed E-state index contributed by atoms with van der Waals surface area (Å²) in [6.45, 7) is 4.20. The molecule has 0 amide bonds. The van der Waals surface area contributed by atoms with Crippen LogP contribution in [0.5, 0.6) is 0 Å². The van der Waals surface area contributed by atoms with E-state index in [0.29, 0.717) is 5.92 Å². The lowest BCUT2D eigenvalue weighted by Gasteiger charge is -1.96. The number of rotatable bonds is 5. The summed E-state index contributed by atoms with van der Waals surface area (Å²) in [4.78, 5) is 9.13. The minimum Gasteiger partial charge on any atom is -0.262 e. The van der Waals surface area contributed by atoms with Gasteiger partial charge >= 0.3 is 0 Å². The molecule has 3 aromatic rings. The van der Waals surface area contributed by atoms with Crippen molar-refractivity contribution < 1.29 is 0 Å². The predicted octanol–water partition coefficient (Wildman–Crippen LogP) is 4.34. The molecule has 0 fully saturated rings. The fourth-order valence-electron chi connectivity index (χ4n) is 1.81. The van der Waals surface area contributed by atoms with Crippen LogP contribution in [-0.4, -0.2) is 20.2 Å². The molecular formula is C15H16N4S2. The van der Waals surface area contributed by atoms with E-state index in [9.17, 15) is 0 Å². The van der Waals surface area contributed by atoms with E-state index in [1.54, 1.807) is 23.1 Å². The number of H-pyrrole nitrogens is 1. The first-order chi connectivity index (χ1) is 10.2. The van der Waals surface area contributed by atoms with E-state index in [-0.39, 0.29) is 0 Å². The van der Waals surface area contributed by atoms with E-state index in [1.807, 2.05) is 18.2 Å². The summed E-state index contributed by atoms with van der Waals surface area (Å²) < 4.78 is 0. The van der Waals surface area contributed by atoms with E-state index < -0.39 is 0 Å². The molecule has 6 heteroatoms. The SMILES string of the molecule is CC(C)c1nc(SCc2csc(-c3ccccc3)n2)n[nH]1. The fraction of sp³-hybridized carbons (Fsp3) is 0.267. The van der Waals surface area contributed by atoms with Gasteiger partial charge < -0.3 is 0 Å². The molecule has 0 bridgehead atoms. The quantitative estimate of drug-likeness (QED) is 0.711. The second kappa shape index (κ2) is 6.41. The van der Waals surface area contributed by atoms with Crippen molar-refractivity contribution in [2.45, 2.75) is 30.7 Å². The van der Waals surface area contributed by atoms with Crippen LogP contribution in [-0.2, 0) is 5.75 Å². The van der Waals surface area contributed by atoms with Crippen LogP contribution in [0.2, 0.25) is 0 Å². The highest BCUT2D eigenvalue weighted by molar-refractivity contribution is 7.98. The van der Waals surface area contributed by atoms with Crippen molar-refractivity contribution >= 4 is 23.1 Å². The summed E-state index contributed by atoms with van der Waals surface area (Å²) in [5, 5.41) is 11.1. The Kier molecular flexibility index (Phi) is 4.36. The molecule has 1 N–H and O–H groups in total. The normalized spacial score (nSPS) is 11.2. The molecular weight excluding hydrogens is 300 g/mol. The maximum Gasteiger partial charge on any atom is 0.208 e. The smallest absolute Gasteiger partial charge is 0.208 e. The van der Waals surface area contributed by atoms with Gasteiger partial charge in [0.05, 0.1) is 5.69 Å². The summed E-state index contributed by atoms with van der Waals surface area (Å²) in [6.07, 6.45) is 0. The zero-order valence-electron chi connectivity index (χ0n) is 11.9. The number of aromatic amines is 1. The van der Waals surface area contributed by atoms with Crippen LogP contribution < -0.4 is 0 Å². The number of nitrogens with zero attached hydrogens (tertiary/aromatic N) is 3. The van der Waals surface area contributed by atoms with Crippen LogP contribution in [0.4, 0.5) is 0 Å². The summed E-state index contributed by atoms with van der Waals surface area (Å²) in [5.74, 6) is 2.09. The van der Waals surface area contributed by atoms with Crippen LogP contribution in [0.1, 0.15) is 31.3 Å². The zero-order valence-corrected chi connectivity index (χ0v) is 13.5. The largest absolute Gasteiger partial charge is 0.262 e. The Balaban J connectivity index is 1.65. The van der Waals surface area contributed by atoms with Gasteiger partial charge in [-0.1, -0.05) is 55.9 Å². The van der Waals surface area contributed by atoms with Crippen molar-refractivity contribution in [2.24, 2.45) is 0 Å². The Morgan fingerprint density at radius 2 is 2.00 bits per heavy atom. The summed E-state index contributed by atoms with van der Waals surface area (Å²) >= 11 is 3.29. The van der Waals surface area contributed by atoms with Gasteiger partial charge in [0.1, 0.15) is 10.8 Å². The van der Waals surface area contributed by atoms with Crippen molar-refractivity contribution in [1.82, 2.24) is 20.2 Å². The molecule has 0 saturated carbocycles. The van der Waals surface area contributed by atoms with Gasteiger partial charge in [-0.25, -0.2) is 9.97 Å². The number of hydrogen-bond acceptors (Lipinski definition) is 5. The summed E-state index contributed by atoms with van der Waals surface area (Å²) in [6, 6.07) is 10.3. The number of benzene rings is 1. The molecule has 0 unspecified atom stereocenters. The third-order valence-electron chi connectivity index (χ3n) is 2.95. The zero-order chi connectivity index (χ0) is 14.7.